The Hall–Kier alpha value is -2.56. The highest BCUT2D eigenvalue weighted by Crippen LogP contribution is 2.44. The predicted molar refractivity (Wildman–Crippen MR) is 85.2 cm³/mol. The second kappa shape index (κ2) is 5.57. The monoisotopic (exact) mass is 314 g/mol. The maximum absolute atomic E-state index is 12.2. The molecule has 0 saturated heterocycles. The van der Waals surface area contributed by atoms with Crippen LogP contribution in [0.2, 0.25) is 0 Å². The van der Waals surface area contributed by atoms with Gasteiger partial charge in [-0.2, -0.15) is 0 Å². The average Bonchev–Trinajstić information content (AvgIpc) is 2.76. The Morgan fingerprint density at radius 2 is 1.17 bits per heavy atom. The highest BCUT2D eigenvalue weighted by Gasteiger charge is 2.39. The van der Waals surface area contributed by atoms with Crippen molar-refractivity contribution < 1.29 is 23.8 Å². The summed E-state index contributed by atoms with van der Waals surface area (Å²) in [5.41, 5.74) is 0.302. The molecule has 23 heavy (non-hydrogen) atoms. The molecule has 0 bridgehead atoms. The van der Waals surface area contributed by atoms with E-state index >= 15 is 0 Å². The maximum Gasteiger partial charge on any atom is 0.350 e. The van der Waals surface area contributed by atoms with E-state index in [-0.39, 0.29) is 23.3 Å². The van der Waals surface area contributed by atoms with E-state index in [1.807, 2.05) is 52.0 Å². The van der Waals surface area contributed by atoms with Gasteiger partial charge in [0, 0.05) is 10.8 Å². The number of cyclic esters (lactones) is 2. The largest absolute Gasteiger partial charge is 0.489 e. The molecule has 1 aliphatic heterocycles. The zero-order chi connectivity index (χ0) is 16.7. The van der Waals surface area contributed by atoms with E-state index in [2.05, 4.69) is 0 Å². The quantitative estimate of drug-likeness (QED) is 0.635. The molecule has 5 heteroatoms. The first-order valence-corrected chi connectivity index (χ1v) is 7.58. The molecule has 0 aromatic heterocycles. The van der Waals surface area contributed by atoms with Crippen LogP contribution in [0, 0.1) is 0 Å². The van der Waals surface area contributed by atoms with E-state index in [1.165, 1.54) is 0 Å². The molecule has 0 spiro atoms. The van der Waals surface area contributed by atoms with Crippen molar-refractivity contribution in [2.24, 2.45) is 0 Å². The molecular weight excluding hydrogens is 296 g/mol. The van der Waals surface area contributed by atoms with Crippen LogP contribution in [0.25, 0.3) is 10.8 Å². The van der Waals surface area contributed by atoms with Gasteiger partial charge in [-0.25, -0.2) is 9.59 Å². The smallest absolute Gasteiger partial charge is 0.350 e. The molecule has 1 heterocycles. The lowest BCUT2D eigenvalue weighted by atomic mass is 9.98. The highest BCUT2D eigenvalue weighted by atomic mass is 16.6. The van der Waals surface area contributed by atoms with E-state index in [0.29, 0.717) is 11.5 Å². The zero-order valence-corrected chi connectivity index (χ0v) is 13.5. The van der Waals surface area contributed by atoms with Gasteiger partial charge in [-0.3, -0.25) is 0 Å². The van der Waals surface area contributed by atoms with E-state index in [4.69, 9.17) is 14.2 Å². The van der Waals surface area contributed by atoms with Crippen LogP contribution in [0.5, 0.6) is 11.5 Å². The lowest BCUT2D eigenvalue weighted by molar-refractivity contribution is 0.0441. The minimum atomic E-state index is -0.694. The topological polar surface area (TPSA) is 61.8 Å². The number of carbonyl (C=O) groups excluding carboxylic acids is 2. The van der Waals surface area contributed by atoms with Crippen LogP contribution >= 0.6 is 0 Å². The SMILES string of the molecule is CC(C)Oc1c2c(c(OC(C)C)c3ccccc13)C(=O)OC2=O. The summed E-state index contributed by atoms with van der Waals surface area (Å²) < 4.78 is 16.5. The van der Waals surface area contributed by atoms with Crippen molar-refractivity contribution in [3.8, 4) is 11.5 Å². The van der Waals surface area contributed by atoms with Crippen LogP contribution in [0.1, 0.15) is 48.4 Å². The normalized spacial score (nSPS) is 13.7. The van der Waals surface area contributed by atoms with E-state index in [0.717, 1.165) is 10.8 Å². The van der Waals surface area contributed by atoms with Gasteiger partial charge in [-0.15, -0.1) is 0 Å². The fraction of sp³-hybridized carbons (Fsp3) is 0.333. The average molecular weight is 314 g/mol. The number of rotatable bonds is 4. The number of esters is 2. The molecule has 0 unspecified atom stereocenters. The fourth-order valence-corrected chi connectivity index (χ4v) is 2.67. The lowest BCUT2D eigenvalue weighted by Gasteiger charge is -2.19. The molecule has 1 aliphatic rings. The van der Waals surface area contributed by atoms with Gasteiger partial charge in [-0.05, 0) is 27.7 Å². The van der Waals surface area contributed by atoms with Gasteiger partial charge in [0.15, 0.2) is 0 Å². The molecule has 3 rings (SSSR count). The summed E-state index contributed by atoms with van der Waals surface area (Å²) in [4.78, 5) is 24.4. The predicted octanol–water partition coefficient (Wildman–Crippen LogP) is 3.72. The second-order valence-electron chi connectivity index (χ2n) is 5.96. The maximum atomic E-state index is 12.2. The van der Waals surface area contributed by atoms with Crippen molar-refractivity contribution in [1.29, 1.82) is 0 Å². The van der Waals surface area contributed by atoms with Crippen molar-refractivity contribution in [2.75, 3.05) is 0 Å². The number of benzene rings is 2. The van der Waals surface area contributed by atoms with Gasteiger partial charge >= 0.3 is 11.9 Å². The third kappa shape index (κ3) is 2.52. The Morgan fingerprint density at radius 3 is 1.52 bits per heavy atom. The van der Waals surface area contributed by atoms with Crippen molar-refractivity contribution >= 4 is 22.7 Å². The van der Waals surface area contributed by atoms with Gasteiger partial charge in [0.2, 0.25) is 0 Å². The van der Waals surface area contributed by atoms with Crippen molar-refractivity contribution in [3.63, 3.8) is 0 Å². The van der Waals surface area contributed by atoms with Crippen molar-refractivity contribution in [2.45, 2.75) is 39.9 Å². The Labute approximate surface area is 134 Å². The van der Waals surface area contributed by atoms with E-state index in [1.54, 1.807) is 0 Å². The first-order valence-electron chi connectivity index (χ1n) is 7.58. The standard InChI is InChI=1S/C18H18O5/c1-9(2)21-15-11-7-5-6-8-12(11)16(22-10(3)4)14-13(15)17(19)23-18(14)20/h5-10H,1-4H3. The molecule has 5 nitrogen and oxygen atoms in total. The summed E-state index contributed by atoms with van der Waals surface area (Å²) in [7, 11) is 0. The minimum Gasteiger partial charge on any atom is -0.489 e. The Morgan fingerprint density at radius 1 is 0.783 bits per heavy atom. The first kappa shape index (κ1) is 15.3. The third-order valence-corrected chi connectivity index (χ3v) is 3.42. The minimum absolute atomic E-state index is 0.150. The van der Waals surface area contributed by atoms with Gasteiger partial charge in [0.05, 0.1) is 12.2 Å². The molecule has 0 fully saturated rings. The van der Waals surface area contributed by atoms with Crippen LogP contribution in [-0.2, 0) is 4.74 Å². The number of fused-ring (bicyclic) bond motifs is 2. The zero-order valence-electron chi connectivity index (χ0n) is 13.5. The number of hydrogen-bond acceptors (Lipinski definition) is 5. The molecular formula is C18H18O5. The summed E-state index contributed by atoms with van der Waals surface area (Å²) >= 11 is 0. The van der Waals surface area contributed by atoms with Crippen molar-refractivity contribution in [1.82, 2.24) is 0 Å². The van der Waals surface area contributed by atoms with Crippen LogP contribution < -0.4 is 9.47 Å². The molecule has 0 saturated carbocycles. The molecule has 0 N–H and O–H groups in total. The Bertz CT molecular complexity index is 738. The Kier molecular flexibility index (Phi) is 3.72. The number of ether oxygens (including phenoxy) is 3. The summed E-state index contributed by atoms with van der Waals surface area (Å²) in [6.07, 6.45) is -0.300. The summed E-state index contributed by atoms with van der Waals surface area (Å²) in [5.74, 6) is -0.643. The molecule has 0 atom stereocenters. The number of hydrogen-bond donors (Lipinski definition) is 0. The van der Waals surface area contributed by atoms with Crippen molar-refractivity contribution in [3.05, 3.63) is 35.4 Å². The van der Waals surface area contributed by atoms with E-state index in [9.17, 15) is 9.59 Å². The summed E-state index contributed by atoms with van der Waals surface area (Å²) in [5, 5.41) is 1.45. The van der Waals surface area contributed by atoms with Crippen LogP contribution in [-0.4, -0.2) is 24.1 Å². The lowest BCUT2D eigenvalue weighted by Crippen LogP contribution is -2.13. The second-order valence-corrected chi connectivity index (χ2v) is 5.96. The van der Waals surface area contributed by atoms with Gasteiger partial charge in [0.25, 0.3) is 0 Å². The summed E-state index contributed by atoms with van der Waals surface area (Å²) in [6.45, 7) is 7.45. The van der Waals surface area contributed by atoms with Crippen LogP contribution in [0.15, 0.2) is 24.3 Å². The Balaban J connectivity index is 2.42. The molecule has 0 amide bonds. The van der Waals surface area contributed by atoms with Crippen LogP contribution in [0.4, 0.5) is 0 Å². The fourth-order valence-electron chi connectivity index (χ4n) is 2.67. The molecule has 2 aromatic carbocycles. The molecule has 120 valence electrons. The van der Waals surface area contributed by atoms with Gasteiger partial charge in [-0.1, -0.05) is 24.3 Å². The summed E-state index contributed by atoms with van der Waals surface area (Å²) in [6, 6.07) is 7.39. The first-order chi connectivity index (χ1) is 10.9. The number of carbonyl (C=O) groups is 2. The molecule has 2 aromatic rings. The van der Waals surface area contributed by atoms with E-state index < -0.39 is 11.9 Å². The molecule has 0 aliphatic carbocycles. The highest BCUT2D eigenvalue weighted by molar-refractivity contribution is 6.22. The van der Waals surface area contributed by atoms with Gasteiger partial charge in [0.1, 0.15) is 22.6 Å². The van der Waals surface area contributed by atoms with Crippen LogP contribution in [0.3, 0.4) is 0 Å². The third-order valence-electron chi connectivity index (χ3n) is 3.42. The molecule has 0 radical (unpaired) electrons. The van der Waals surface area contributed by atoms with Gasteiger partial charge < -0.3 is 14.2 Å².